The fourth-order valence-electron chi connectivity index (χ4n) is 4.87. The fourth-order valence-corrected chi connectivity index (χ4v) is 4.87. The highest BCUT2D eigenvalue weighted by Crippen LogP contribution is 2.52. The molecule has 0 bridgehead atoms. The van der Waals surface area contributed by atoms with Crippen molar-refractivity contribution < 1.29 is 14.6 Å². The Morgan fingerprint density at radius 3 is 1.51 bits per heavy atom. The quantitative estimate of drug-likeness (QED) is 0.190. The van der Waals surface area contributed by atoms with E-state index >= 15 is 0 Å². The minimum Gasteiger partial charge on any atom is -0.377 e. The van der Waals surface area contributed by atoms with E-state index in [2.05, 4.69) is 11.9 Å². The van der Waals surface area contributed by atoms with E-state index in [0.29, 0.717) is 19.6 Å². The van der Waals surface area contributed by atoms with E-state index in [1.165, 1.54) is 6.08 Å². The molecule has 0 radical (unpaired) electrons. The summed E-state index contributed by atoms with van der Waals surface area (Å²) < 4.78 is 6.93. The summed E-state index contributed by atoms with van der Waals surface area (Å²) in [6.45, 7) is 4.39. The Hall–Kier alpha value is -3.99. The highest BCUT2D eigenvalue weighted by molar-refractivity contribution is 5.86. The molecular formula is C33H33NO3. The number of carbonyl (C=O) groups excluding carboxylic acids is 1. The molecule has 37 heavy (non-hydrogen) atoms. The number of hydrogen-bond acceptors (Lipinski definition) is 3. The number of carbonyl (C=O) groups is 1. The van der Waals surface area contributed by atoms with Crippen molar-refractivity contribution in [2.45, 2.75) is 24.0 Å². The normalized spacial score (nSPS) is 11.6. The number of aliphatic hydroxyl groups is 1. The lowest BCUT2D eigenvalue weighted by atomic mass is 9.66. The van der Waals surface area contributed by atoms with Crippen LogP contribution in [0.5, 0.6) is 0 Å². The average molecular weight is 492 g/mol. The van der Waals surface area contributed by atoms with Crippen LogP contribution >= 0.6 is 0 Å². The molecule has 4 nitrogen and oxygen atoms in total. The second-order valence-corrected chi connectivity index (χ2v) is 8.91. The number of ether oxygens (including phenoxy) is 1. The third-order valence-electron chi connectivity index (χ3n) is 6.63. The number of rotatable bonds is 12. The Kier molecular flexibility index (Phi) is 8.68. The van der Waals surface area contributed by atoms with Gasteiger partial charge >= 0.3 is 0 Å². The van der Waals surface area contributed by atoms with Crippen LogP contribution in [0.3, 0.4) is 0 Å². The minimum absolute atomic E-state index is 0.189. The topological polar surface area (TPSA) is 58.6 Å². The van der Waals surface area contributed by atoms with Gasteiger partial charge in [-0.2, -0.15) is 0 Å². The van der Waals surface area contributed by atoms with Gasteiger partial charge in [0.1, 0.15) is 0 Å². The van der Waals surface area contributed by atoms with Gasteiger partial charge in [-0.3, -0.25) is 4.79 Å². The molecule has 0 saturated heterocycles. The van der Waals surface area contributed by atoms with Crippen LogP contribution in [0.25, 0.3) is 0 Å². The summed E-state index contributed by atoms with van der Waals surface area (Å²) in [4.78, 5) is 11.5. The first-order chi connectivity index (χ1) is 18.1. The molecule has 4 heteroatoms. The third kappa shape index (κ3) is 5.41. The van der Waals surface area contributed by atoms with Gasteiger partial charge in [0.05, 0.1) is 0 Å². The van der Waals surface area contributed by atoms with Crippen molar-refractivity contribution in [3.05, 3.63) is 156 Å². The van der Waals surface area contributed by atoms with E-state index in [1.807, 2.05) is 121 Å². The van der Waals surface area contributed by atoms with E-state index in [4.69, 9.17) is 4.74 Å². The minimum atomic E-state index is -1.56. The molecule has 188 valence electrons. The van der Waals surface area contributed by atoms with E-state index in [9.17, 15) is 9.90 Å². The zero-order valence-electron chi connectivity index (χ0n) is 20.9. The maximum absolute atomic E-state index is 13.1. The van der Waals surface area contributed by atoms with Gasteiger partial charge in [-0.25, -0.2) is 0 Å². The lowest BCUT2D eigenvalue weighted by Gasteiger charge is -2.48. The second-order valence-electron chi connectivity index (χ2n) is 8.91. The van der Waals surface area contributed by atoms with E-state index < -0.39 is 11.2 Å². The summed E-state index contributed by atoms with van der Waals surface area (Å²) in [5.74, 6) is -0.189. The summed E-state index contributed by atoms with van der Waals surface area (Å²) in [6, 6.07) is 39.3. The van der Waals surface area contributed by atoms with Crippen molar-refractivity contribution in [1.29, 1.82) is 0 Å². The first-order valence-corrected chi connectivity index (χ1v) is 12.6. The zero-order valence-corrected chi connectivity index (χ0v) is 20.9. The van der Waals surface area contributed by atoms with Gasteiger partial charge < -0.3 is 15.2 Å². The van der Waals surface area contributed by atoms with Crippen LogP contribution in [-0.4, -0.2) is 24.2 Å². The molecule has 0 aliphatic rings. The van der Waals surface area contributed by atoms with Crippen molar-refractivity contribution in [2.24, 2.45) is 0 Å². The van der Waals surface area contributed by atoms with Crippen LogP contribution in [0, 0.1) is 0 Å². The highest BCUT2D eigenvalue weighted by atomic mass is 16.5. The molecule has 0 atom stereocenters. The molecule has 0 aliphatic carbocycles. The summed E-state index contributed by atoms with van der Waals surface area (Å²) in [5, 5.41) is 15.9. The molecule has 0 heterocycles. The molecule has 1 amide bonds. The Morgan fingerprint density at radius 2 is 1.11 bits per heavy atom. The molecule has 0 spiro atoms. The van der Waals surface area contributed by atoms with E-state index in [1.54, 1.807) is 0 Å². The number of unbranched alkanes of at least 4 members (excludes halogenated alkanes) is 1. The lowest BCUT2D eigenvalue weighted by Crippen LogP contribution is -2.53. The Balaban J connectivity index is 1.87. The third-order valence-corrected chi connectivity index (χ3v) is 6.63. The summed E-state index contributed by atoms with van der Waals surface area (Å²) in [5.41, 5.74) is 0.324. The van der Waals surface area contributed by atoms with Crippen molar-refractivity contribution in [1.82, 2.24) is 5.32 Å². The smallest absolute Gasteiger partial charge is 0.243 e. The molecule has 4 aromatic rings. The largest absolute Gasteiger partial charge is 0.377 e. The number of amides is 1. The van der Waals surface area contributed by atoms with Gasteiger partial charge in [-0.05, 0) is 41.2 Å². The van der Waals surface area contributed by atoms with Crippen LogP contribution in [-0.2, 0) is 20.7 Å². The van der Waals surface area contributed by atoms with Gasteiger partial charge in [0.2, 0.25) is 5.91 Å². The monoisotopic (exact) mass is 491 g/mol. The first kappa shape index (κ1) is 26.1. The molecule has 4 aromatic carbocycles. The summed E-state index contributed by atoms with van der Waals surface area (Å²) in [7, 11) is 0. The molecule has 0 saturated carbocycles. The van der Waals surface area contributed by atoms with E-state index in [-0.39, 0.29) is 5.91 Å². The van der Waals surface area contributed by atoms with Crippen LogP contribution in [0.15, 0.2) is 134 Å². The highest BCUT2D eigenvalue weighted by Gasteiger charge is 2.56. The van der Waals surface area contributed by atoms with Crippen molar-refractivity contribution in [3.63, 3.8) is 0 Å². The predicted molar refractivity (Wildman–Crippen MR) is 148 cm³/mol. The second kappa shape index (κ2) is 12.3. The van der Waals surface area contributed by atoms with Gasteiger partial charge in [0, 0.05) is 13.2 Å². The Morgan fingerprint density at radius 1 is 0.703 bits per heavy atom. The van der Waals surface area contributed by atoms with Crippen molar-refractivity contribution in [3.8, 4) is 0 Å². The number of benzene rings is 4. The first-order valence-electron chi connectivity index (χ1n) is 12.6. The molecular weight excluding hydrogens is 458 g/mol. The average Bonchev–Trinajstić information content (AvgIpc) is 2.98. The maximum Gasteiger partial charge on any atom is 0.243 e. The van der Waals surface area contributed by atoms with Gasteiger partial charge in [-0.1, -0.05) is 128 Å². The summed E-state index contributed by atoms with van der Waals surface area (Å²) >= 11 is 0. The Bertz CT molecular complexity index is 1180. The van der Waals surface area contributed by atoms with Crippen LogP contribution < -0.4 is 5.32 Å². The van der Waals surface area contributed by atoms with Crippen LogP contribution in [0.2, 0.25) is 0 Å². The van der Waals surface area contributed by atoms with Gasteiger partial charge in [-0.15, -0.1) is 0 Å². The lowest BCUT2D eigenvalue weighted by molar-refractivity contribution is -0.153. The molecule has 0 aromatic heterocycles. The fraction of sp³-hybridized carbons (Fsp3) is 0.182. The number of hydrogen-bond donors (Lipinski definition) is 2. The van der Waals surface area contributed by atoms with Crippen molar-refractivity contribution >= 4 is 5.91 Å². The predicted octanol–water partition coefficient (Wildman–Crippen LogP) is 5.97. The molecule has 0 aliphatic heterocycles. The van der Waals surface area contributed by atoms with E-state index in [0.717, 1.165) is 28.7 Å². The molecule has 0 fully saturated rings. The zero-order chi connectivity index (χ0) is 26.0. The molecule has 4 rings (SSSR count). The summed E-state index contributed by atoms with van der Waals surface area (Å²) in [6.07, 6.45) is 2.69. The molecule has 0 unspecified atom stereocenters. The standard InChI is InChI=1S/C33H33NO3/c1-2-31(35)34-25-15-16-26-37-33(29-21-11-5-12-22-29,30-23-13-6-14-24-30)32(36,27-17-7-3-8-18-27)28-19-9-4-10-20-28/h2-14,17-24,36H,1,15-16,25-26H2,(H,34,35). The maximum atomic E-state index is 13.1. The van der Waals surface area contributed by atoms with Gasteiger partial charge in [0.15, 0.2) is 11.2 Å². The molecule has 2 N–H and O–H groups in total. The SMILES string of the molecule is C=CC(=O)NCCCCOC(c1ccccc1)(c1ccccc1)C(O)(c1ccccc1)c1ccccc1. The van der Waals surface area contributed by atoms with Crippen molar-refractivity contribution in [2.75, 3.05) is 13.2 Å². The Labute approximate surface area is 219 Å². The van der Waals surface area contributed by atoms with Crippen LogP contribution in [0.1, 0.15) is 35.1 Å². The number of nitrogens with one attached hydrogen (secondary N) is 1. The van der Waals surface area contributed by atoms with Crippen LogP contribution in [0.4, 0.5) is 0 Å². The van der Waals surface area contributed by atoms with Gasteiger partial charge in [0.25, 0.3) is 0 Å².